The van der Waals surface area contributed by atoms with Gasteiger partial charge in [-0.25, -0.2) is 17.9 Å². The first kappa shape index (κ1) is 16.8. The Morgan fingerprint density at radius 3 is 2.44 bits per heavy atom. The Bertz CT molecular complexity index is 1060. The van der Waals surface area contributed by atoms with Gasteiger partial charge in [-0.15, -0.1) is 0 Å². The highest BCUT2D eigenvalue weighted by Gasteiger charge is 2.22. The molecule has 3 aromatic rings. The van der Waals surface area contributed by atoms with Crippen LogP contribution in [0.2, 0.25) is 0 Å². The largest absolute Gasteiger partial charge is 0.382 e. The molecule has 0 atom stereocenters. The number of carbonyl (C=O) groups is 1. The van der Waals surface area contributed by atoms with Gasteiger partial charge < -0.3 is 5.73 Å². The van der Waals surface area contributed by atoms with E-state index < -0.39 is 21.6 Å². The molecule has 25 heavy (non-hydrogen) atoms. The molecule has 0 amide bonds. The molecule has 1 aromatic heterocycles. The van der Waals surface area contributed by atoms with Crippen molar-refractivity contribution in [3.05, 3.63) is 65.5 Å². The zero-order chi connectivity index (χ0) is 18.2. The standard InChI is InChI=1S/C16H13FN4O3S/c17-11-6-4-9(5-7-11)14-13(16(18)21-20-14)15(22)10-2-1-3-12(8-10)25(19,23)24/h1-8H,(H3,18,20,21)(H2,19,23,24). The molecule has 0 aliphatic rings. The number of ketones is 1. The summed E-state index contributed by atoms with van der Waals surface area (Å²) in [4.78, 5) is 12.6. The van der Waals surface area contributed by atoms with Crippen LogP contribution < -0.4 is 10.9 Å². The predicted octanol–water partition coefficient (Wildman–Crippen LogP) is 1.68. The summed E-state index contributed by atoms with van der Waals surface area (Å²) >= 11 is 0. The summed E-state index contributed by atoms with van der Waals surface area (Å²) < 4.78 is 36.0. The number of rotatable bonds is 4. The summed E-state index contributed by atoms with van der Waals surface area (Å²) in [7, 11) is -3.95. The van der Waals surface area contributed by atoms with Gasteiger partial charge in [0, 0.05) is 11.1 Å². The van der Waals surface area contributed by atoms with Crippen molar-refractivity contribution in [2.24, 2.45) is 5.14 Å². The quantitative estimate of drug-likeness (QED) is 0.609. The maximum absolute atomic E-state index is 13.1. The number of H-pyrrole nitrogens is 1. The highest BCUT2D eigenvalue weighted by molar-refractivity contribution is 7.89. The van der Waals surface area contributed by atoms with Crippen LogP contribution in [0.4, 0.5) is 10.2 Å². The van der Waals surface area contributed by atoms with Gasteiger partial charge in [0.2, 0.25) is 10.0 Å². The van der Waals surface area contributed by atoms with Crippen molar-refractivity contribution < 1.29 is 17.6 Å². The van der Waals surface area contributed by atoms with E-state index >= 15 is 0 Å². The maximum Gasteiger partial charge on any atom is 0.238 e. The Balaban J connectivity index is 2.10. The summed E-state index contributed by atoms with van der Waals surface area (Å²) in [6, 6.07) is 10.7. The molecule has 0 fully saturated rings. The van der Waals surface area contributed by atoms with Gasteiger partial charge >= 0.3 is 0 Å². The van der Waals surface area contributed by atoms with Crippen molar-refractivity contribution >= 4 is 21.6 Å². The number of carbonyl (C=O) groups excluding carboxylic acids is 1. The number of sulfonamides is 1. The van der Waals surface area contributed by atoms with E-state index in [4.69, 9.17) is 10.9 Å². The first-order valence-electron chi connectivity index (χ1n) is 7.04. The minimum atomic E-state index is -3.95. The van der Waals surface area contributed by atoms with E-state index in [0.29, 0.717) is 11.3 Å². The number of aromatic nitrogens is 2. The highest BCUT2D eigenvalue weighted by atomic mass is 32.2. The second-order valence-corrected chi connectivity index (χ2v) is 6.83. The molecule has 0 aliphatic heterocycles. The normalized spacial score (nSPS) is 11.4. The van der Waals surface area contributed by atoms with Crippen LogP contribution in [0.25, 0.3) is 11.3 Å². The van der Waals surface area contributed by atoms with E-state index in [2.05, 4.69) is 10.2 Å². The van der Waals surface area contributed by atoms with Crippen LogP contribution in [0.5, 0.6) is 0 Å². The predicted molar refractivity (Wildman–Crippen MR) is 89.6 cm³/mol. The number of nitrogens with two attached hydrogens (primary N) is 2. The fourth-order valence-electron chi connectivity index (χ4n) is 2.37. The third-order valence-corrected chi connectivity index (χ3v) is 4.49. The van der Waals surface area contributed by atoms with Gasteiger partial charge in [0.05, 0.1) is 16.2 Å². The second kappa shape index (κ2) is 6.11. The number of hydrogen-bond acceptors (Lipinski definition) is 5. The van der Waals surface area contributed by atoms with E-state index in [1.807, 2.05) is 0 Å². The van der Waals surface area contributed by atoms with E-state index in [1.54, 1.807) is 0 Å². The Morgan fingerprint density at radius 2 is 1.80 bits per heavy atom. The van der Waals surface area contributed by atoms with Crippen molar-refractivity contribution in [1.29, 1.82) is 0 Å². The third-order valence-electron chi connectivity index (χ3n) is 3.58. The monoisotopic (exact) mass is 360 g/mol. The van der Waals surface area contributed by atoms with Crippen molar-refractivity contribution in [1.82, 2.24) is 10.2 Å². The zero-order valence-electron chi connectivity index (χ0n) is 12.7. The van der Waals surface area contributed by atoms with Crippen LogP contribution in [0, 0.1) is 5.82 Å². The number of primary sulfonamides is 1. The lowest BCUT2D eigenvalue weighted by molar-refractivity contribution is 0.104. The molecule has 2 aromatic carbocycles. The molecule has 1 heterocycles. The molecule has 0 spiro atoms. The number of halogens is 1. The summed E-state index contributed by atoms with van der Waals surface area (Å²) in [6.45, 7) is 0. The topological polar surface area (TPSA) is 132 Å². The molecule has 9 heteroatoms. The maximum atomic E-state index is 13.1. The molecule has 0 saturated carbocycles. The molecule has 0 aliphatic carbocycles. The van der Waals surface area contributed by atoms with Crippen LogP contribution in [0.15, 0.2) is 53.4 Å². The first-order valence-corrected chi connectivity index (χ1v) is 8.59. The number of benzene rings is 2. The molecule has 3 rings (SSSR count). The van der Waals surface area contributed by atoms with Crippen LogP contribution in [-0.2, 0) is 10.0 Å². The minimum absolute atomic E-state index is 0.0506. The smallest absolute Gasteiger partial charge is 0.238 e. The molecule has 0 saturated heterocycles. The number of hydrogen-bond donors (Lipinski definition) is 3. The van der Waals surface area contributed by atoms with Gasteiger partial charge in [-0.3, -0.25) is 9.89 Å². The van der Waals surface area contributed by atoms with E-state index in [1.165, 1.54) is 48.5 Å². The molecular formula is C16H13FN4O3S. The summed E-state index contributed by atoms with van der Waals surface area (Å²) in [5, 5.41) is 11.6. The number of aromatic amines is 1. The molecule has 5 N–H and O–H groups in total. The summed E-state index contributed by atoms with van der Waals surface area (Å²) in [6.07, 6.45) is 0. The fourth-order valence-corrected chi connectivity index (χ4v) is 2.93. The number of nitrogen functional groups attached to an aromatic ring is 1. The highest BCUT2D eigenvalue weighted by Crippen LogP contribution is 2.28. The average Bonchev–Trinajstić information content (AvgIpc) is 2.96. The Hall–Kier alpha value is -3.04. The first-order chi connectivity index (χ1) is 11.8. The zero-order valence-corrected chi connectivity index (χ0v) is 13.5. The van der Waals surface area contributed by atoms with Crippen molar-refractivity contribution in [3.63, 3.8) is 0 Å². The summed E-state index contributed by atoms with van der Waals surface area (Å²) in [5.41, 5.74) is 6.76. The van der Waals surface area contributed by atoms with Crippen LogP contribution in [0.1, 0.15) is 15.9 Å². The molecule has 0 radical (unpaired) electrons. The second-order valence-electron chi connectivity index (χ2n) is 5.27. The molecule has 128 valence electrons. The number of nitrogens with zero attached hydrogens (tertiary/aromatic N) is 1. The number of nitrogens with one attached hydrogen (secondary N) is 1. The van der Waals surface area contributed by atoms with Crippen molar-refractivity contribution in [2.45, 2.75) is 4.90 Å². The lowest BCUT2D eigenvalue weighted by atomic mass is 9.99. The summed E-state index contributed by atoms with van der Waals surface area (Å²) in [5.74, 6) is -1.01. The Morgan fingerprint density at radius 1 is 1.12 bits per heavy atom. The van der Waals surface area contributed by atoms with Gasteiger partial charge in [0.15, 0.2) is 11.6 Å². The lowest BCUT2D eigenvalue weighted by Crippen LogP contribution is -2.13. The van der Waals surface area contributed by atoms with Crippen molar-refractivity contribution in [2.75, 3.05) is 5.73 Å². The molecule has 0 unspecified atom stereocenters. The minimum Gasteiger partial charge on any atom is -0.382 e. The average molecular weight is 360 g/mol. The van der Waals surface area contributed by atoms with Crippen LogP contribution >= 0.6 is 0 Å². The Labute approximate surface area is 142 Å². The fraction of sp³-hybridized carbons (Fsp3) is 0. The van der Waals surface area contributed by atoms with Crippen molar-refractivity contribution in [3.8, 4) is 11.3 Å². The molecule has 7 nitrogen and oxygen atoms in total. The van der Waals surface area contributed by atoms with Crippen LogP contribution in [-0.4, -0.2) is 24.4 Å². The van der Waals surface area contributed by atoms with Gasteiger partial charge in [-0.05, 0) is 36.4 Å². The lowest BCUT2D eigenvalue weighted by Gasteiger charge is -2.06. The molecular weight excluding hydrogens is 347 g/mol. The SMILES string of the molecule is Nc1n[nH]c(-c2ccc(F)cc2)c1C(=O)c1cccc(S(N)(=O)=O)c1. The van der Waals surface area contributed by atoms with E-state index in [9.17, 15) is 17.6 Å². The number of anilines is 1. The van der Waals surface area contributed by atoms with Gasteiger partial charge in [0.25, 0.3) is 0 Å². The Kier molecular flexibility index (Phi) is 4.11. The van der Waals surface area contributed by atoms with Crippen LogP contribution in [0.3, 0.4) is 0 Å². The van der Waals surface area contributed by atoms with Gasteiger partial charge in [-0.1, -0.05) is 12.1 Å². The van der Waals surface area contributed by atoms with E-state index in [-0.39, 0.29) is 21.8 Å². The van der Waals surface area contributed by atoms with E-state index in [0.717, 1.165) is 0 Å². The van der Waals surface area contributed by atoms with Gasteiger partial charge in [-0.2, -0.15) is 5.10 Å². The third kappa shape index (κ3) is 3.28. The molecule has 0 bridgehead atoms. The van der Waals surface area contributed by atoms with Gasteiger partial charge in [0.1, 0.15) is 5.82 Å².